The van der Waals surface area contributed by atoms with Crippen molar-refractivity contribution in [2.24, 2.45) is 0 Å². The van der Waals surface area contributed by atoms with Crippen LogP contribution in [0.2, 0.25) is 0 Å². The lowest BCUT2D eigenvalue weighted by atomic mass is 10.1. The van der Waals surface area contributed by atoms with Crippen molar-refractivity contribution in [1.82, 2.24) is 4.72 Å². The van der Waals surface area contributed by atoms with Crippen LogP contribution in [0.1, 0.15) is 30.1 Å². The topological polar surface area (TPSA) is 92.3 Å². The van der Waals surface area contributed by atoms with E-state index in [0.717, 1.165) is 12.1 Å². The third-order valence-corrected chi connectivity index (χ3v) is 5.03. The predicted octanol–water partition coefficient (Wildman–Crippen LogP) is 2.73. The molecule has 138 valence electrons. The summed E-state index contributed by atoms with van der Waals surface area (Å²) >= 11 is 0. The molecule has 8 heteroatoms. The molecule has 0 radical (unpaired) electrons. The summed E-state index contributed by atoms with van der Waals surface area (Å²) in [6.45, 7) is 1.51. The van der Waals surface area contributed by atoms with Crippen LogP contribution in [0.3, 0.4) is 0 Å². The maximum absolute atomic E-state index is 12.8. The first kappa shape index (κ1) is 19.7. The molecule has 0 saturated heterocycles. The predicted molar refractivity (Wildman–Crippen MR) is 95.9 cm³/mol. The van der Waals surface area contributed by atoms with Crippen molar-refractivity contribution in [2.45, 2.75) is 24.7 Å². The Bertz CT molecular complexity index is 896. The largest absolute Gasteiger partial charge is 0.326 e. The molecule has 0 saturated carbocycles. The molecule has 0 atom stereocenters. The molecule has 1 amide bonds. The number of hydrogen-bond donors (Lipinski definition) is 2. The molecule has 0 unspecified atom stereocenters. The lowest BCUT2D eigenvalue weighted by Gasteiger charge is -2.08. The number of ketones is 1. The Balaban J connectivity index is 1.80. The van der Waals surface area contributed by atoms with Crippen molar-refractivity contribution in [3.8, 4) is 0 Å². The number of halogens is 1. The highest BCUT2D eigenvalue weighted by Crippen LogP contribution is 2.12. The van der Waals surface area contributed by atoms with Gasteiger partial charge < -0.3 is 5.32 Å². The number of hydrogen-bond acceptors (Lipinski definition) is 4. The molecule has 2 aromatic rings. The molecule has 0 aliphatic rings. The van der Waals surface area contributed by atoms with Crippen LogP contribution in [-0.2, 0) is 14.8 Å². The highest BCUT2D eigenvalue weighted by Gasteiger charge is 2.13. The van der Waals surface area contributed by atoms with Gasteiger partial charge in [-0.3, -0.25) is 9.59 Å². The van der Waals surface area contributed by atoms with Gasteiger partial charge in [-0.15, -0.1) is 0 Å². The Kier molecular flexibility index (Phi) is 6.59. The normalized spacial score (nSPS) is 11.2. The molecule has 0 spiro atoms. The van der Waals surface area contributed by atoms with Crippen molar-refractivity contribution in [3.63, 3.8) is 0 Å². The monoisotopic (exact) mass is 378 g/mol. The molecule has 0 aliphatic carbocycles. The molecule has 2 aromatic carbocycles. The highest BCUT2D eigenvalue weighted by molar-refractivity contribution is 7.89. The van der Waals surface area contributed by atoms with Crippen LogP contribution < -0.4 is 10.0 Å². The van der Waals surface area contributed by atoms with E-state index in [9.17, 15) is 22.4 Å². The molecule has 0 aliphatic heterocycles. The number of sulfonamides is 1. The summed E-state index contributed by atoms with van der Waals surface area (Å²) in [7, 11) is -3.73. The molecule has 2 N–H and O–H groups in total. The summed E-state index contributed by atoms with van der Waals surface area (Å²) in [5, 5.41) is 2.66. The van der Waals surface area contributed by atoms with Crippen molar-refractivity contribution in [1.29, 1.82) is 0 Å². The Morgan fingerprint density at radius 1 is 1.08 bits per heavy atom. The van der Waals surface area contributed by atoms with Crippen LogP contribution in [0.25, 0.3) is 0 Å². The average molecular weight is 378 g/mol. The maximum Gasteiger partial charge on any atom is 0.240 e. The van der Waals surface area contributed by atoms with Gasteiger partial charge in [0, 0.05) is 24.2 Å². The number of rotatable bonds is 8. The second-order valence-electron chi connectivity index (χ2n) is 5.64. The van der Waals surface area contributed by atoms with Gasteiger partial charge in [0.15, 0.2) is 5.78 Å². The molecule has 2 rings (SSSR count). The van der Waals surface area contributed by atoms with Crippen molar-refractivity contribution in [3.05, 3.63) is 59.9 Å². The van der Waals surface area contributed by atoms with E-state index in [1.54, 1.807) is 24.3 Å². The fourth-order valence-electron chi connectivity index (χ4n) is 2.19. The Labute approximate surface area is 151 Å². The first-order valence-electron chi connectivity index (χ1n) is 7.94. The second-order valence-corrected chi connectivity index (χ2v) is 7.41. The quantitative estimate of drug-likeness (QED) is 0.546. The van der Waals surface area contributed by atoms with E-state index in [4.69, 9.17) is 0 Å². The number of benzene rings is 2. The number of Topliss-reactive ketones (excluding diaryl/α,β-unsaturated/α-hetero) is 1. The fraction of sp³-hybridized carbons (Fsp3) is 0.222. The van der Waals surface area contributed by atoms with Crippen LogP contribution in [0, 0.1) is 5.82 Å². The zero-order chi connectivity index (χ0) is 19.2. The molecule has 0 bridgehead atoms. The molecule has 26 heavy (non-hydrogen) atoms. The molecule has 6 nitrogen and oxygen atoms in total. The lowest BCUT2D eigenvalue weighted by molar-refractivity contribution is -0.116. The van der Waals surface area contributed by atoms with Gasteiger partial charge in [-0.05, 0) is 49.7 Å². The van der Waals surface area contributed by atoms with Gasteiger partial charge in [0.05, 0.1) is 4.90 Å². The Morgan fingerprint density at radius 3 is 2.42 bits per heavy atom. The van der Waals surface area contributed by atoms with Crippen molar-refractivity contribution in [2.75, 3.05) is 11.9 Å². The minimum absolute atomic E-state index is 0.0376. The van der Waals surface area contributed by atoms with E-state index in [2.05, 4.69) is 10.0 Å². The smallest absolute Gasteiger partial charge is 0.240 e. The Morgan fingerprint density at radius 2 is 1.77 bits per heavy atom. The third kappa shape index (κ3) is 5.75. The van der Waals surface area contributed by atoms with Gasteiger partial charge >= 0.3 is 0 Å². The first-order chi connectivity index (χ1) is 12.3. The van der Waals surface area contributed by atoms with Crippen LogP contribution in [0.4, 0.5) is 10.1 Å². The molecule has 0 heterocycles. The van der Waals surface area contributed by atoms with Crippen LogP contribution >= 0.6 is 0 Å². The fourth-order valence-corrected chi connectivity index (χ4v) is 3.27. The van der Waals surface area contributed by atoms with E-state index in [-0.39, 0.29) is 29.6 Å². The Hall–Kier alpha value is -2.58. The van der Waals surface area contributed by atoms with Crippen molar-refractivity contribution < 1.29 is 22.4 Å². The molecular formula is C18H19FN2O4S. The first-order valence-corrected chi connectivity index (χ1v) is 9.42. The van der Waals surface area contributed by atoms with E-state index >= 15 is 0 Å². The second kappa shape index (κ2) is 8.68. The van der Waals surface area contributed by atoms with E-state index in [1.165, 1.54) is 19.1 Å². The van der Waals surface area contributed by atoms with Crippen molar-refractivity contribution >= 4 is 27.4 Å². The number of carbonyl (C=O) groups excluding carboxylic acids is 2. The maximum atomic E-state index is 12.8. The standard InChI is InChI=1S/C18H19FN2O4S/c1-13(22)14-4-2-5-16(12-14)21-18(23)6-3-11-20-26(24,25)17-9-7-15(19)8-10-17/h2,4-5,7-10,12,20H,3,6,11H2,1H3,(H,21,23). The van der Waals surface area contributed by atoms with Gasteiger partial charge in [-0.1, -0.05) is 12.1 Å². The zero-order valence-corrected chi connectivity index (χ0v) is 15.0. The third-order valence-electron chi connectivity index (χ3n) is 3.55. The minimum Gasteiger partial charge on any atom is -0.326 e. The van der Waals surface area contributed by atoms with Crippen LogP contribution in [0.15, 0.2) is 53.4 Å². The van der Waals surface area contributed by atoms with E-state index in [1.807, 2.05) is 0 Å². The SMILES string of the molecule is CC(=O)c1cccc(NC(=O)CCCNS(=O)(=O)c2ccc(F)cc2)c1. The number of nitrogens with one attached hydrogen (secondary N) is 2. The summed E-state index contributed by atoms with van der Waals surface area (Å²) < 4.78 is 39.2. The van der Waals surface area contributed by atoms with Gasteiger partial charge in [0.25, 0.3) is 0 Å². The summed E-state index contributed by atoms with van der Waals surface area (Å²) in [5.41, 5.74) is 1.00. The summed E-state index contributed by atoms with van der Waals surface area (Å²) in [4.78, 5) is 23.2. The summed E-state index contributed by atoms with van der Waals surface area (Å²) in [5.74, 6) is -0.905. The summed E-state index contributed by atoms with van der Waals surface area (Å²) in [6.07, 6.45) is 0.398. The number of amides is 1. The van der Waals surface area contributed by atoms with Gasteiger partial charge in [-0.2, -0.15) is 0 Å². The minimum atomic E-state index is -3.73. The zero-order valence-electron chi connectivity index (χ0n) is 14.2. The van der Waals surface area contributed by atoms with Gasteiger partial charge in [-0.25, -0.2) is 17.5 Å². The number of carbonyl (C=O) groups is 2. The molecule has 0 fully saturated rings. The van der Waals surface area contributed by atoms with Crippen LogP contribution in [-0.4, -0.2) is 26.7 Å². The van der Waals surface area contributed by atoms with Gasteiger partial charge in [0.2, 0.25) is 15.9 Å². The molecule has 0 aromatic heterocycles. The van der Waals surface area contributed by atoms with Gasteiger partial charge in [0.1, 0.15) is 5.82 Å². The summed E-state index contributed by atoms with van der Waals surface area (Å²) in [6, 6.07) is 11.1. The van der Waals surface area contributed by atoms with Crippen LogP contribution in [0.5, 0.6) is 0 Å². The average Bonchev–Trinajstić information content (AvgIpc) is 2.59. The number of anilines is 1. The lowest BCUT2D eigenvalue weighted by Crippen LogP contribution is -2.25. The van der Waals surface area contributed by atoms with E-state index in [0.29, 0.717) is 17.7 Å². The highest BCUT2D eigenvalue weighted by atomic mass is 32.2. The molecular weight excluding hydrogens is 359 g/mol. The van der Waals surface area contributed by atoms with E-state index < -0.39 is 15.8 Å².